The summed E-state index contributed by atoms with van der Waals surface area (Å²) in [6.07, 6.45) is 0.676. The summed E-state index contributed by atoms with van der Waals surface area (Å²) in [5, 5.41) is 3.01. The van der Waals surface area contributed by atoms with Crippen molar-refractivity contribution in [2.24, 2.45) is 0 Å². The number of ether oxygens (including phenoxy) is 2. The molecule has 2 aromatic heterocycles. The van der Waals surface area contributed by atoms with Crippen molar-refractivity contribution in [2.75, 3.05) is 31.2 Å². The molecule has 2 N–H and O–H groups in total. The number of halogens is 1. The Labute approximate surface area is 220 Å². The van der Waals surface area contributed by atoms with E-state index in [2.05, 4.69) is 15.0 Å². The number of para-hydroxylation sites is 2. The highest BCUT2D eigenvalue weighted by atomic mass is 32.2. The number of hydrogen-bond acceptors (Lipinski definition) is 7. The quantitative estimate of drug-likeness (QED) is 0.262. The minimum Gasteiger partial charge on any atom is -0.493 e. The molecule has 2 heterocycles. The van der Waals surface area contributed by atoms with E-state index in [1.807, 2.05) is 13.0 Å². The number of anilines is 1. The highest BCUT2D eigenvalue weighted by Crippen LogP contribution is 2.35. The van der Waals surface area contributed by atoms with Crippen LogP contribution in [-0.2, 0) is 16.4 Å². The first kappa shape index (κ1) is 26.9. The summed E-state index contributed by atoms with van der Waals surface area (Å²) >= 11 is 0. The summed E-state index contributed by atoms with van der Waals surface area (Å²) in [5.41, 5.74) is 1.39. The Bertz CT molecular complexity index is 1550. The lowest BCUT2D eigenvalue weighted by Gasteiger charge is -2.12. The number of benzene rings is 2. The zero-order chi connectivity index (χ0) is 27.3. The standard InChI is InChI=1S/C27H28FN3O6S/c1-4-17-16-20-23(26(32)29-2)24(18-10-12-19(28)13-11-18)37-27(20)30-25(17)31-38(33,34)15-7-14-36-22-9-6-5-8-21(22)35-3/h5-6,8-13,16H,4,7,14-15H2,1-3H3,(H,29,32)(H,30,31). The summed E-state index contributed by atoms with van der Waals surface area (Å²) < 4.78 is 58.5. The molecule has 0 unspecified atom stereocenters. The van der Waals surface area contributed by atoms with E-state index >= 15 is 0 Å². The topological polar surface area (TPSA) is 120 Å². The van der Waals surface area contributed by atoms with Crippen LogP contribution >= 0.6 is 0 Å². The molecule has 11 heteroatoms. The second-order valence-corrected chi connectivity index (χ2v) is 10.2. The number of hydrogen-bond donors (Lipinski definition) is 2. The van der Waals surface area contributed by atoms with Gasteiger partial charge in [-0.15, -0.1) is 0 Å². The van der Waals surface area contributed by atoms with Gasteiger partial charge in [-0.3, -0.25) is 9.52 Å². The van der Waals surface area contributed by atoms with Crippen LogP contribution in [0.4, 0.5) is 10.2 Å². The van der Waals surface area contributed by atoms with Crippen LogP contribution in [0.25, 0.3) is 22.4 Å². The van der Waals surface area contributed by atoms with E-state index in [0.29, 0.717) is 34.4 Å². The van der Waals surface area contributed by atoms with E-state index in [1.54, 1.807) is 24.3 Å². The predicted molar refractivity (Wildman–Crippen MR) is 143 cm³/mol. The van der Waals surface area contributed by atoms with E-state index in [0.717, 1.165) is 0 Å². The van der Waals surface area contributed by atoms with Crippen molar-refractivity contribution < 1.29 is 31.5 Å². The third-order valence-corrected chi connectivity index (χ3v) is 7.17. The molecule has 9 nitrogen and oxygen atoms in total. The number of carbonyl (C=O) groups is 1. The van der Waals surface area contributed by atoms with Crippen LogP contribution in [0.1, 0.15) is 29.3 Å². The largest absolute Gasteiger partial charge is 0.493 e. The summed E-state index contributed by atoms with van der Waals surface area (Å²) in [4.78, 5) is 17.2. The smallest absolute Gasteiger partial charge is 0.255 e. The fraction of sp³-hybridized carbons (Fsp3) is 0.259. The Morgan fingerprint density at radius 1 is 1.11 bits per heavy atom. The van der Waals surface area contributed by atoms with Crippen molar-refractivity contribution in [3.05, 3.63) is 71.5 Å². The molecule has 0 saturated heterocycles. The number of pyridine rings is 1. The van der Waals surface area contributed by atoms with Crippen LogP contribution in [-0.4, -0.2) is 45.8 Å². The summed E-state index contributed by atoms with van der Waals surface area (Å²) in [5.74, 6) is 0.387. The second-order valence-electron chi connectivity index (χ2n) is 8.37. The van der Waals surface area contributed by atoms with Crippen LogP contribution in [0, 0.1) is 5.82 Å². The molecule has 4 aromatic rings. The molecule has 0 aliphatic heterocycles. The van der Waals surface area contributed by atoms with Crippen LogP contribution in [0.2, 0.25) is 0 Å². The number of nitrogens with one attached hydrogen (secondary N) is 2. The monoisotopic (exact) mass is 541 g/mol. The molecule has 0 spiro atoms. The number of aryl methyl sites for hydroxylation is 1. The van der Waals surface area contributed by atoms with Gasteiger partial charge in [0.05, 0.1) is 30.4 Å². The fourth-order valence-corrected chi connectivity index (χ4v) is 5.02. The maximum atomic E-state index is 13.5. The highest BCUT2D eigenvalue weighted by Gasteiger charge is 2.25. The average molecular weight is 542 g/mol. The Hall–Kier alpha value is -4.12. The lowest BCUT2D eigenvalue weighted by atomic mass is 10.0. The van der Waals surface area contributed by atoms with Crippen molar-refractivity contribution in [1.29, 1.82) is 0 Å². The SMILES string of the molecule is CCc1cc2c(C(=O)NC)c(-c3ccc(F)cc3)oc2nc1NS(=O)(=O)CCCOc1ccccc1OC. The van der Waals surface area contributed by atoms with Crippen molar-refractivity contribution in [2.45, 2.75) is 19.8 Å². The molecule has 0 saturated carbocycles. The zero-order valence-electron chi connectivity index (χ0n) is 21.2. The number of amides is 1. The zero-order valence-corrected chi connectivity index (χ0v) is 22.0. The van der Waals surface area contributed by atoms with Gasteiger partial charge in [-0.1, -0.05) is 19.1 Å². The highest BCUT2D eigenvalue weighted by molar-refractivity contribution is 7.92. The summed E-state index contributed by atoms with van der Waals surface area (Å²) in [6, 6.07) is 14.3. The molecule has 2 aromatic carbocycles. The van der Waals surface area contributed by atoms with Crippen LogP contribution in [0.15, 0.2) is 59.0 Å². The molecule has 0 atom stereocenters. The van der Waals surface area contributed by atoms with E-state index in [-0.39, 0.29) is 41.6 Å². The molecule has 1 amide bonds. The van der Waals surface area contributed by atoms with Gasteiger partial charge in [0, 0.05) is 12.6 Å². The number of methoxy groups -OCH3 is 1. The Balaban J connectivity index is 1.58. The normalized spacial score (nSPS) is 11.4. The van der Waals surface area contributed by atoms with Crippen LogP contribution in [0.5, 0.6) is 11.5 Å². The molecule has 0 fully saturated rings. The maximum Gasteiger partial charge on any atom is 0.255 e. The number of nitrogens with zero attached hydrogens (tertiary/aromatic N) is 1. The van der Waals surface area contributed by atoms with Gasteiger partial charge in [-0.2, -0.15) is 4.98 Å². The molecular formula is C27H28FN3O6S. The van der Waals surface area contributed by atoms with E-state index in [9.17, 15) is 17.6 Å². The Morgan fingerprint density at radius 2 is 1.82 bits per heavy atom. The third-order valence-electron chi connectivity index (χ3n) is 5.84. The van der Waals surface area contributed by atoms with Gasteiger partial charge in [0.2, 0.25) is 15.7 Å². The molecule has 38 heavy (non-hydrogen) atoms. The number of aromatic nitrogens is 1. The number of fused-ring (bicyclic) bond motifs is 1. The molecule has 4 rings (SSSR count). The Kier molecular flexibility index (Phi) is 8.16. The minimum atomic E-state index is -3.77. The third kappa shape index (κ3) is 5.88. The first-order valence-electron chi connectivity index (χ1n) is 12.0. The van der Waals surface area contributed by atoms with Gasteiger partial charge in [0.1, 0.15) is 17.4 Å². The first-order chi connectivity index (χ1) is 18.3. The second kappa shape index (κ2) is 11.5. The number of furan rings is 1. The number of carbonyl (C=O) groups excluding carboxylic acids is 1. The van der Waals surface area contributed by atoms with E-state index in [4.69, 9.17) is 13.9 Å². The lowest BCUT2D eigenvalue weighted by molar-refractivity contribution is 0.0964. The molecule has 0 aliphatic carbocycles. The van der Waals surface area contributed by atoms with Crippen molar-refractivity contribution in [1.82, 2.24) is 10.3 Å². The lowest BCUT2D eigenvalue weighted by Crippen LogP contribution is -2.20. The van der Waals surface area contributed by atoms with Crippen LogP contribution in [0.3, 0.4) is 0 Å². The number of sulfonamides is 1. The van der Waals surface area contributed by atoms with E-state index in [1.165, 1.54) is 38.4 Å². The molecule has 200 valence electrons. The van der Waals surface area contributed by atoms with Gasteiger partial charge >= 0.3 is 0 Å². The summed E-state index contributed by atoms with van der Waals surface area (Å²) in [7, 11) is -0.751. The van der Waals surface area contributed by atoms with Crippen molar-refractivity contribution in [3.63, 3.8) is 0 Å². The Morgan fingerprint density at radius 3 is 2.47 bits per heavy atom. The molecule has 0 aliphatic rings. The molecule has 0 radical (unpaired) electrons. The first-order valence-corrected chi connectivity index (χ1v) is 13.6. The van der Waals surface area contributed by atoms with Gasteiger partial charge in [0.25, 0.3) is 5.91 Å². The van der Waals surface area contributed by atoms with Gasteiger partial charge in [0.15, 0.2) is 11.5 Å². The van der Waals surface area contributed by atoms with Crippen molar-refractivity contribution in [3.8, 4) is 22.8 Å². The fourth-order valence-electron chi connectivity index (χ4n) is 3.95. The van der Waals surface area contributed by atoms with Gasteiger partial charge < -0.3 is 19.2 Å². The van der Waals surface area contributed by atoms with Gasteiger partial charge in [-0.05, 0) is 60.9 Å². The number of rotatable bonds is 11. The molecule has 0 bridgehead atoms. The van der Waals surface area contributed by atoms with Crippen LogP contribution < -0.4 is 19.5 Å². The minimum absolute atomic E-state index is 0.0809. The van der Waals surface area contributed by atoms with Gasteiger partial charge in [-0.25, -0.2) is 12.8 Å². The van der Waals surface area contributed by atoms with Crippen molar-refractivity contribution >= 4 is 32.8 Å². The molecular weight excluding hydrogens is 513 g/mol. The average Bonchev–Trinajstić information content (AvgIpc) is 3.28. The predicted octanol–water partition coefficient (Wildman–Crippen LogP) is 4.78. The maximum absolute atomic E-state index is 13.5. The van der Waals surface area contributed by atoms with E-state index < -0.39 is 21.7 Å². The summed E-state index contributed by atoms with van der Waals surface area (Å²) in [6.45, 7) is 2.02.